The number of carbonyl (C=O) groups is 1. The molecule has 1 aliphatic carbocycles. The third-order valence-corrected chi connectivity index (χ3v) is 5.30. The van der Waals surface area contributed by atoms with Crippen LogP contribution >= 0.6 is 23.1 Å². The number of aromatic nitrogens is 2. The lowest BCUT2D eigenvalue weighted by Crippen LogP contribution is -2.59. The van der Waals surface area contributed by atoms with E-state index in [1.54, 1.807) is 23.1 Å². The van der Waals surface area contributed by atoms with Crippen molar-refractivity contribution < 1.29 is 4.79 Å². The fraction of sp³-hybridized carbons (Fsp3) is 0.727. The van der Waals surface area contributed by atoms with Crippen LogP contribution in [-0.4, -0.2) is 33.9 Å². The van der Waals surface area contributed by atoms with Gasteiger partial charge in [0, 0.05) is 5.75 Å². The van der Waals surface area contributed by atoms with Crippen molar-refractivity contribution in [2.75, 3.05) is 12.3 Å². The summed E-state index contributed by atoms with van der Waals surface area (Å²) in [6.45, 7) is 4.67. The number of hydrogen-bond donors (Lipinski definition) is 2. The number of carbonyl (C=O) groups excluding carboxylic acids is 1. The summed E-state index contributed by atoms with van der Waals surface area (Å²) in [5.41, 5.74) is 5.04. The van der Waals surface area contributed by atoms with Crippen LogP contribution in [0.1, 0.15) is 24.8 Å². The molecule has 0 bridgehead atoms. The SMILES string of the molecule is CCNC(CSc1nnc(C)s1)(C(N)=O)C1CC1. The molecule has 7 heteroatoms. The molecule has 1 unspecified atom stereocenters. The first-order valence-corrected chi connectivity index (χ1v) is 7.86. The number of likely N-dealkylation sites (N-methyl/N-ethyl adjacent to an activating group) is 1. The summed E-state index contributed by atoms with van der Waals surface area (Å²) in [4.78, 5) is 11.8. The Balaban J connectivity index is 2.07. The van der Waals surface area contributed by atoms with Gasteiger partial charge < -0.3 is 11.1 Å². The first-order chi connectivity index (χ1) is 8.58. The summed E-state index contributed by atoms with van der Waals surface area (Å²) in [7, 11) is 0. The topological polar surface area (TPSA) is 80.9 Å². The van der Waals surface area contributed by atoms with Crippen LogP contribution in [0.3, 0.4) is 0 Å². The second kappa shape index (κ2) is 5.54. The van der Waals surface area contributed by atoms with Crippen molar-refractivity contribution in [3.05, 3.63) is 5.01 Å². The molecule has 5 nitrogen and oxygen atoms in total. The number of nitrogens with two attached hydrogens (primary N) is 1. The molecule has 100 valence electrons. The minimum atomic E-state index is -0.584. The zero-order valence-electron chi connectivity index (χ0n) is 10.6. The van der Waals surface area contributed by atoms with E-state index in [-0.39, 0.29) is 5.91 Å². The first kappa shape index (κ1) is 13.8. The van der Waals surface area contributed by atoms with Crippen LogP contribution in [0.5, 0.6) is 0 Å². The molecule has 1 fully saturated rings. The van der Waals surface area contributed by atoms with Crippen molar-refractivity contribution >= 4 is 29.0 Å². The fourth-order valence-corrected chi connectivity index (χ4v) is 4.20. The van der Waals surface area contributed by atoms with E-state index in [0.717, 1.165) is 28.7 Å². The van der Waals surface area contributed by atoms with E-state index in [4.69, 9.17) is 5.73 Å². The number of hydrogen-bond acceptors (Lipinski definition) is 6. The zero-order chi connectivity index (χ0) is 13.2. The van der Waals surface area contributed by atoms with Gasteiger partial charge in [0.2, 0.25) is 5.91 Å². The van der Waals surface area contributed by atoms with Crippen LogP contribution < -0.4 is 11.1 Å². The molecule has 1 heterocycles. The molecular formula is C11H18N4OS2. The molecule has 1 aromatic heterocycles. The largest absolute Gasteiger partial charge is 0.368 e. The minimum Gasteiger partial charge on any atom is -0.368 e. The number of nitrogens with one attached hydrogen (secondary N) is 1. The standard InChI is InChI=1S/C11H18N4OS2/c1-3-13-11(9(12)16,8-4-5-8)6-17-10-15-14-7(2)18-10/h8,13H,3-6H2,1-2H3,(H2,12,16). The van der Waals surface area contributed by atoms with Crippen molar-refractivity contribution in [1.82, 2.24) is 15.5 Å². The smallest absolute Gasteiger partial charge is 0.238 e. The highest BCUT2D eigenvalue weighted by Crippen LogP contribution is 2.42. The average molecular weight is 286 g/mol. The van der Waals surface area contributed by atoms with Gasteiger partial charge >= 0.3 is 0 Å². The average Bonchev–Trinajstić information content (AvgIpc) is 3.08. The van der Waals surface area contributed by atoms with Crippen LogP contribution in [0.4, 0.5) is 0 Å². The summed E-state index contributed by atoms with van der Waals surface area (Å²) in [5.74, 6) is 0.757. The van der Waals surface area contributed by atoms with Gasteiger partial charge in [0.05, 0.1) is 0 Å². The van der Waals surface area contributed by atoms with Gasteiger partial charge in [-0.1, -0.05) is 30.0 Å². The Bertz CT molecular complexity index is 432. The van der Waals surface area contributed by atoms with E-state index in [1.165, 1.54) is 0 Å². The van der Waals surface area contributed by atoms with Crippen molar-refractivity contribution in [3.8, 4) is 0 Å². The Kier molecular flexibility index (Phi) is 4.24. The number of thioether (sulfide) groups is 1. The Morgan fingerprint density at radius 3 is 2.78 bits per heavy atom. The molecule has 0 saturated heterocycles. The third-order valence-electron chi connectivity index (χ3n) is 3.14. The molecule has 1 amide bonds. The van der Waals surface area contributed by atoms with Crippen LogP contribution in [-0.2, 0) is 4.79 Å². The first-order valence-electron chi connectivity index (χ1n) is 6.06. The van der Waals surface area contributed by atoms with Gasteiger partial charge in [-0.15, -0.1) is 10.2 Å². The monoisotopic (exact) mass is 286 g/mol. The van der Waals surface area contributed by atoms with E-state index >= 15 is 0 Å². The van der Waals surface area contributed by atoms with Crippen molar-refractivity contribution in [2.24, 2.45) is 11.7 Å². The molecule has 0 aliphatic heterocycles. The second-order valence-electron chi connectivity index (χ2n) is 4.52. The lowest BCUT2D eigenvalue weighted by Gasteiger charge is -2.31. The maximum Gasteiger partial charge on any atom is 0.238 e. The molecular weight excluding hydrogens is 268 g/mol. The molecule has 1 saturated carbocycles. The molecule has 1 aliphatic rings. The number of rotatable bonds is 7. The van der Waals surface area contributed by atoms with Crippen LogP contribution in [0, 0.1) is 12.8 Å². The Morgan fingerprint density at radius 2 is 2.33 bits per heavy atom. The number of amides is 1. The van der Waals surface area contributed by atoms with Crippen molar-refractivity contribution in [1.29, 1.82) is 0 Å². The molecule has 1 aromatic rings. The summed E-state index contributed by atoms with van der Waals surface area (Å²) >= 11 is 3.12. The van der Waals surface area contributed by atoms with E-state index < -0.39 is 5.54 Å². The molecule has 0 radical (unpaired) electrons. The molecule has 1 atom stereocenters. The summed E-state index contributed by atoms with van der Waals surface area (Å²) in [5, 5.41) is 12.3. The van der Waals surface area contributed by atoms with Crippen molar-refractivity contribution in [2.45, 2.75) is 36.6 Å². The summed E-state index contributed by atoms with van der Waals surface area (Å²) < 4.78 is 0.900. The lowest BCUT2D eigenvalue weighted by molar-refractivity contribution is -0.124. The number of nitrogens with zero attached hydrogens (tertiary/aromatic N) is 2. The highest BCUT2D eigenvalue weighted by Gasteiger charge is 2.49. The van der Waals surface area contributed by atoms with Crippen molar-refractivity contribution in [3.63, 3.8) is 0 Å². The number of primary amides is 1. The van der Waals surface area contributed by atoms with Gasteiger partial charge in [-0.3, -0.25) is 4.79 Å². The predicted octanol–water partition coefficient (Wildman–Crippen LogP) is 1.18. The van der Waals surface area contributed by atoms with Gasteiger partial charge in [0.1, 0.15) is 10.5 Å². The maximum absolute atomic E-state index is 11.8. The van der Waals surface area contributed by atoms with E-state index in [1.807, 2.05) is 13.8 Å². The summed E-state index contributed by atoms with van der Waals surface area (Å²) in [6, 6.07) is 0. The predicted molar refractivity (Wildman–Crippen MR) is 73.7 cm³/mol. The van der Waals surface area contributed by atoms with Gasteiger partial charge in [0.15, 0.2) is 4.34 Å². The van der Waals surface area contributed by atoms with E-state index in [0.29, 0.717) is 11.7 Å². The quantitative estimate of drug-likeness (QED) is 0.736. The molecule has 2 rings (SSSR count). The Labute approximate surface area is 115 Å². The van der Waals surface area contributed by atoms with Crippen LogP contribution in [0.25, 0.3) is 0 Å². The summed E-state index contributed by atoms with van der Waals surface area (Å²) in [6.07, 6.45) is 2.15. The minimum absolute atomic E-state index is 0.249. The van der Waals surface area contributed by atoms with E-state index in [2.05, 4.69) is 15.5 Å². The van der Waals surface area contributed by atoms with E-state index in [9.17, 15) is 4.79 Å². The molecule has 0 aromatic carbocycles. The lowest BCUT2D eigenvalue weighted by atomic mass is 9.94. The Morgan fingerprint density at radius 1 is 1.61 bits per heavy atom. The maximum atomic E-state index is 11.8. The van der Waals surface area contributed by atoms with Crippen LogP contribution in [0.2, 0.25) is 0 Å². The number of aryl methyl sites for hydroxylation is 1. The highest BCUT2D eigenvalue weighted by molar-refractivity contribution is 8.01. The van der Waals surface area contributed by atoms with Gasteiger partial charge in [0.25, 0.3) is 0 Å². The fourth-order valence-electron chi connectivity index (χ4n) is 2.08. The molecule has 3 N–H and O–H groups in total. The van der Waals surface area contributed by atoms with Gasteiger partial charge in [-0.2, -0.15) is 0 Å². The van der Waals surface area contributed by atoms with Gasteiger partial charge in [-0.05, 0) is 32.2 Å². The molecule has 18 heavy (non-hydrogen) atoms. The normalized spacial score (nSPS) is 18.6. The second-order valence-corrected chi connectivity index (χ2v) is 6.92. The highest BCUT2D eigenvalue weighted by atomic mass is 32.2. The zero-order valence-corrected chi connectivity index (χ0v) is 12.2. The third kappa shape index (κ3) is 2.84. The Hall–Kier alpha value is -0.660. The molecule has 0 spiro atoms. The van der Waals surface area contributed by atoms with Gasteiger partial charge in [-0.25, -0.2) is 0 Å². The van der Waals surface area contributed by atoms with Crippen LogP contribution in [0.15, 0.2) is 4.34 Å².